The van der Waals surface area contributed by atoms with Gasteiger partial charge in [0.1, 0.15) is 27.6 Å². The van der Waals surface area contributed by atoms with Crippen LogP contribution in [0.25, 0.3) is 22.2 Å². The van der Waals surface area contributed by atoms with Crippen molar-refractivity contribution >= 4 is 38.5 Å². The number of fused-ring (bicyclic) bond motifs is 1. The molecule has 27 heavy (non-hydrogen) atoms. The third-order valence-electron chi connectivity index (χ3n) is 3.92. The summed E-state index contributed by atoms with van der Waals surface area (Å²) in [5.74, 6) is -1.80. The Kier molecular flexibility index (Phi) is 4.33. The minimum atomic E-state index is -4.15. The van der Waals surface area contributed by atoms with Gasteiger partial charge in [-0.25, -0.2) is 17.2 Å². The number of aromatic nitrogens is 2. The molecule has 0 saturated carbocycles. The molecular weight excluding hydrogens is 392 g/mol. The van der Waals surface area contributed by atoms with Crippen molar-refractivity contribution in [2.75, 3.05) is 4.72 Å². The molecule has 0 aliphatic heterocycles. The Balaban J connectivity index is 1.79. The van der Waals surface area contributed by atoms with Gasteiger partial charge in [-0.2, -0.15) is 8.75 Å². The normalized spacial score (nSPS) is 11.6. The summed E-state index contributed by atoms with van der Waals surface area (Å²) in [6.45, 7) is 0. The van der Waals surface area contributed by atoms with Gasteiger partial charge < -0.3 is 0 Å². The van der Waals surface area contributed by atoms with E-state index in [4.69, 9.17) is 0 Å². The van der Waals surface area contributed by atoms with Crippen molar-refractivity contribution in [1.82, 2.24) is 8.75 Å². The Bertz CT molecular complexity index is 1240. The fraction of sp³-hybridized carbons (Fsp3) is 0. The summed E-state index contributed by atoms with van der Waals surface area (Å²) < 4.78 is 64.2. The van der Waals surface area contributed by atoms with Gasteiger partial charge in [0.15, 0.2) is 0 Å². The van der Waals surface area contributed by atoms with Crippen molar-refractivity contribution in [3.8, 4) is 11.1 Å². The zero-order chi connectivity index (χ0) is 19.0. The maximum Gasteiger partial charge on any atom is 0.264 e. The summed E-state index contributed by atoms with van der Waals surface area (Å²) in [6, 6.07) is 14.8. The standard InChI is InChI=1S/C18H11F2N3O2S2/c19-13-10-14(20)16(9-12(13)11-5-2-1-3-6-11)23-27(24,25)17-8-4-7-15-18(17)22-26-21-15/h1-10,23H. The highest BCUT2D eigenvalue weighted by Crippen LogP contribution is 2.30. The second-order valence-electron chi connectivity index (χ2n) is 5.67. The Morgan fingerprint density at radius 3 is 2.44 bits per heavy atom. The molecule has 1 aromatic heterocycles. The number of halogens is 2. The van der Waals surface area contributed by atoms with Gasteiger partial charge in [0.2, 0.25) is 0 Å². The van der Waals surface area contributed by atoms with Crippen molar-refractivity contribution < 1.29 is 17.2 Å². The summed E-state index contributed by atoms with van der Waals surface area (Å²) in [6.07, 6.45) is 0. The molecule has 0 aliphatic rings. The van der Waals surface area contributed by atoms with Gasteiger partial charge in [-0.15, -0.1) is 0 Å². The van der Waals surface area contributed by atoms with E-state index in [-0.39, 0.29) is 21.7 Å². The third-order valence-corrected chi connectivity index (χ3v) is 5.86. The highest BCUT2D eigenvalue weighted by Gasteiger charge is 2.22. The van der Waals surface area contributed by atoms with E-state index in [2.05, 4.69) is 13.5 Å². The van der Waals surface area contributed by atoms with E-state index in [9.17, 15) is 17.2 Å². The zero-order valence-corrected chi connectivity index (χ0v) is 15.2. The van der Waals surface area contributed by atoms with Gasteiger partial charge in [0.05, 0.1) is 17.4 Å². The first-order chi connectivity index (χ1) is 13.0. The fourth-order valence-corrected chi connectivity index (χ4v) is 4.49. The molecule has 0 fully saturated rings. The van der Waals surface area contributed by atoms with Crippen LogP contribution < -0.4 is 4.72 Å². The minimum absolute atomic E-state index is 0.0863. The van der Waals surface area contributed by atoms with E-state index in [0.717, 1.165) is 17.8 Å². The molecule has 136 valence electrons. The summed E-state index contributed by atoms with van der Waals surface area (Å²) in [5, 5.41) is 0. The molecule has 0 bridgehead atoms. The van der Waals surface area contributed by atoms with Crippen molar-refractivity contribution in [2.45, 2.75) is 4.90 Å². The van der Waals surface area contributed by atoms with Crippen molar-refractivity contribution in [1.29, 1.82) is 0 Å². The van der Waals surface area contributed by atoms with Gasteiger partial charge in [0, 0.05) is 11.6 Å². The molecule has 3 aromatic carbocycles. The number of hydrogen-bond donors (Lipinski definition) is 1. The molecule has 0 atom stereocenters. The molecule has 9 heteroatoms. The van der Waals surface area contributed by atoms with Crippen LogP contribution >= 0.6 is 11.7 Å². The maximum atomic E-state index is 14.3. The Morgan fingerprint density at radius 2 is 1.67 bits per heavy atom. The first-order valence-corrected chi connectivity index (χ1v) is 9.95. The van der Waals surface area contributed by atoms with Crippen molar-refractivity contribution in [2.24, 2.45) is 0 Å². The molecule has 4 rings (SSSR count). The van der Waals surface area contributed by atoms with Crippen LogP contribution in [0.15, 0.2) is 65.6 Å². The van der Waals surface area contributed by atoms with Gasteiger partial charge in [-0.1, -0.05) is 36.4 Å². The van der Waals surface area contributed by atoms with Gasteiger partial charge >= 0.3 is 0 Å². The molecular formula is C18H11F2N3O2S2. The second kappa shape index (κ2) is 6.67. The monoisotopic (exact) mass is 403 g/mol. The Labute approximate surface area is 157 Å². The number of hydrogen-bond acceptors (Lipinski definition) is 5. The van der Waals surface area contributed by atoms with E-state index in [0.29, 0.717) is 17.1 Å². The lowest BCUT2D eigenvalue weighted by molar-refractivity contribution is 0.585. The van der Waals surface area contributed by atoms with Crippen molar-refractivity contribution in [3.05, 3.63) is 72.3 Å². The van der Waals surface area contributed by atoms with E-state index < -0.39 is 21.7 Å². The van der Waals surface area contributed by atoms with E-state index in [1.807, 2.05) is 0 Å². The number of benzene rings is 3. The molecule has 0 saturated heterocycles. The average Bonchev–Trinajstić information content (AvgIpc) is 3.13. The van der Waals surface area contributed by atoms with E-state index >= 15 is 0 Å². The molecule has 4 aromatic rings. The highest BCUT2D eigenvalue weighted by molar-refractivity contribution is 7.93. The average molecular weight is 403 g/mol. The summed E-state index contributed by atoms with van der Waals surface area (Å²) in [7, 11) is -4.15. The zero-order valence-electron chi connectivity index (χ0n) is 13.6. The number of nitrogens with one attached hydrogen (secondary N) is 1. The van der Waals surface area contributed by atoms with Gasteiger partial charge in [-0.05, 0) is 23.8 Å². The van der Waals surface area contributed by atoms with Crippen LogP contribution in [0.3, 0.4) is 0 Å². The quantitative estimate of drug-likeness (QED) is 0.547. The van der Waals surface area contributed by atoms with Crippen LogP contribution in [0.5, 0.6) is 0 Å². The van der Waals surface area contributed by atoms with E-state index in [1.165, 1.54) is 12.1 Å². The minimum Gasteiger partial charge on any atom is -0.277 e. The molecule has 1 heterocycles. The smallest absolute Gasteiger partial charge is 0.264 e. The summed E-state index contributed by atoms with van der Waals surface area (Å²) in [5.41, 5.74) is 0.855. The Hall–Kier alpha value is -2.91. The predicted molar refractivity (Wildman–Crippen MR) is 100 cm³/mol. The molecule has 0 radical (unpaired) electrons. The second-order valence-corrected chi connectivity index (χ2v) is 7.85. The van der Waals surface area contributed by atoms with Crippen molar-refractivity contribution in [3.63, 3.8) is 0 Å². The maximum absolute atomic E-state index is 14.3. The van der Waals surface area contributed by atoms with E-state index in [1.54, 1.807) is 36.4 Å². The van der Waals surface area contributed by atoms with Crippen LogP contribution in [-0.2, 0) is 10.0 Å². The molecule has 5 nitrogen and oxygen atoms in total. The number of sulfonamides is 1. The third kappa shape index (κ3) is 3.26. The highest BCUT2D eigenvalue weighted by atomic mass is 32.2. The van der Waals surface area contributed by atoms with Crippen LogP contribution in [0, 0.1) is 11.6 Å². The largest absolute Gasteiger partial charge is 0.277 e. The van der Waals surface area contributed by atoms with Gasteiger partial charge in [0.25, 0.3) is 10.0 Å². The van der Waals surface area contributed by atoms with Crippen LogP contribution in [0.4, 0.5) is 14.5 Å². The fourth-order valence-electron chi connectivity index (χ4n) is 2.66. The first-order valence-electron chi connectivity index (χ1n) is 7.74. The number of rotatable bonds is 4. The van der Waals surface area contributed by atoms with Crippen LogP contribution in [-0.4, -0.2) is 17.2 Å². The summed E-state index contributed by atoms with van der Waals surface area (Å²) in [4.78, 5) is -0.126. The molecule has 0 amide bonds. The summed E-state index contributed by atoms with van der Waals surface area (Å²) >= 11 is 0.878. The SMILES string of the molecule is O=S(=O)(Nc1cc(-c2ccccc2)c(F)cc1F)c1cccc2nsnc12. The van der Waals surface area contributed by atoms with Gasteiger partial charge in [-0.3, -0.25) is 4.72 Å². The first kappa shape index (κ1) is 17.5. The predicted octanol–water partition coefficient (Wildman–Crippen LogP) is 4.44. The molecule has 0 aliphatic carbocycles. The Morgan fingerprint density at radius 1 is 0.889 bits per heavy atom. The molecule has 1 N–H and O–H groups in total. The van der Waals surface area contributed by atoms with Crippen LogP contribution in [0.1, 0.15) is 0 Å². The lowest BCUT2D eigenvalue weighted by Gasteiger charge is -2.12. The van der Waals surface area contributed by atoms with Crippen LogP contribution in [0.2, 0.25) is 0 Å². The molecule has 0 unspecified atom stereocenters. The topological polar surface area (TPSA) is 72.0 Å². The molecule has 0 spiro atoms. The lowest BCUT2D eigenvalue weighted by Crippen LogP contribution is -2.15. The number of nitrogens with zero attached hydrogens (tertiary/aromatic N) is 2. The lowest BCUT2D eigenvalue weighted by atomic mass is 10.0. The number of anilines is 1.